The average Bonchev–Trinajstić information content (AvgIpc) is 2.74. The van der Waals surface area contributed by atoms with Crippen molar-refractivity contribution in [3.63, 3.8) is 0 Å². The molecule has 3 N–H and O–H groups in total. The van der Waals surface area contributed by atoms with Gasteiger partial charge in [0.1, 0.15) is 0 Å². The van der Waals surface area contributed by atoms with Crippen molar-refractivity contribution in [1.29, 1.82) is 0 Å². The quantitative estimate of drug-likeness (QED) is 0.473. The second-order valence-corrected chi connectivity index (χ2v) is 7.71. The van der Waals surface area contributed by atoms with Crippen LogP contribution >= 0.6 is 15.9 Å². The molecule has 0 spiro atoms. The lowest BCUT2D eigenvalue weighted by Crippen LogP contribution is -2.26. The third-order valence-electron chi connectivity index (χ3n) is 4.40. The lowest BCUT2D eigenvalue weighted by atomic mass is 10.1. The molecule has 6 nitrogen and oxygen atoms in total. The first kappa shape index (κ1) is 21.4. The van der Waals surface area contributed by atoms with Crippen LogP contribution < -0.4 is 20.9 Å². The summed E-state index contributed by atoms with van der Waals surface area (Å²) in [5, 5.41) is 8.51. The summed E-state index contributed by atoms with van der Waals surface area (Å²) >= 11 is 3.40. The van der Waals surface area contributed by atoms with Gasteiger partial charge in [-0.05, 0) is 51.8 Å². The number of anilines is 3. The van der Waals surface area contributed by atoms with Crippen LogP contribution in [0.1, 0.15) is 15.9 Å². The van der Waals surface area contributed by atoms with Gasteiger partial charge >= 0.3 is 6.03 Å². The van der Waals surface area contributed by atoms with Crippen LogP contribution in [0.25, 0.3) is 0 Å². The molecule has 0 aliphatic heterocycles. The monoisotopic (exact) mass is 466 g/mol. The van der Waals surface area contributed by atoms with Gasteiger partial charge < -0.3 is 20.9 Å². The first-order chi connectivity index (χ1) is 14.4. The Balaban J connectivity index is 1.74. The summed E-state index contributed by atoms with van der Waals surface area (Å²) in [5.74, 6) is -0.211. The Morgan fingerprint density at radius 2 is 1.60 bits per heavy atom. The number of carbonyl (C=O) groups is 2. The van der Waals surface area contributed by atoms with Crippen LogP contribution in [0.4, 0.5) is 21.9 Å². The van der Waals surface area contributed by atoms with E-state index in [2.05, 4.69) is 31.9 Å². The molecular formula is C23H23BrN4O2. The second-order valence-electron chi connectivity index (χ2n) is 6.85. The Morgan fingerprint density at radius 3 is 2.30 bits per heavy atom. The van der Waals surface area contributed by atoms with Crippen molar-refractivity contribution in [2.24, 2.45) is 0 Å². The van der Waals surface area contributed by atoms with Gasteiger partial charge in [0.25, 0.3) is 5.91 Å². The fourth-order valence-electron chi connectivity index (χ4n) is 2.91. The van der Waals surface area contributed by atoms with Gasteiger partial charge in [0.2, 0.25) is 0 Å². The number of nitrogens with one attached hydrogen (secondary N) is 3. The van der Waals surface area contributed by atoms with Crippen molar-refractivity contribution < 1.29 is 9.59 Å². The van der Waals surface area contributed by atoms with E-state index in [1.165, 1.54) is 0 Å². The predicted molar refractivity (Wildman–Crippen MR) is 125 cm³/mol. The van der Waals surface area contributed by atoms with Crippen molar-refractivity contribution >= 4 is 44.9 Å². The van der Waals surface area contributed by atoms with E-state index in [1.807, 2.05) is 73.6 Å². The molecule has 154 valence electrons. The Morgan fingerprint density at radius 1 is 0.900 bits per heavy atom. The number of halogens is 1. The zero-order valence-corrected chi connectivity index (χ0v) is 18.4. The smallest absolute Gasteiger partial charge is 0.323 e. The SMILES string of the molecule is CN(C)c1ccc(NC(=O)Nc2ccccc2Br)cc1C(=O)NCc1ccccc1. The van der Waals surface area contributed by atoms with Crippen LogP contribution in [0.15, 0.2) is 77.3 Å². The molecule has 0 saturated heterocycles. The van der Waals surface area contributed by atoms with Crippen LogP contribution in [0.5, 0.6) is 0 Å². The fourth-order valence-corrected chi connectivity index (χ4v) is 3.29. The number of carbonyl (C=O) groups excluding carboxylic acids is 2. The van der Waals surface area contributed by atoms with Gasteiger partial charge in [0.15, 0.2) is 0 Å². The van der Waals surface area contributed by atoms with E-state index in [4.69, 9.17) is 0 Å². The molecule has 0 aliphatic carbocycles. The molecule has 30 heavy (non-hydrogen) atoms. The number of urea groups is 1. The Hall–Kier alpha value is -3.32. The lowest BCUT2D eigenvalue weighted by Gasteiger charge is -2.19. The van der Waals surface area contributed by atoms with E-state index in [0.717, 1.165) is 15.7 Å². The summed E-state index contributed by atoms with van der Waals surface area (Å²) in [5.41, 5.74) is 3.43. The Labute approximate surface area is 184 Å². The molecule has 0 heterocycles. The molecule has 7 heteroatoms. The molecule has 0 unspecified atom stereocenters. The lowest BCUT2D eigenvalue weighted by molar-refractivity contribution is 0.0951. The number of amides is 3. The van der Waals surface area contributed by atoms with E-state index in [0.29, 0.717) is 23.5 Å². The van der Waals surface area contributed by atoms with Crippen LogP contribution in [-0.4, -0.2) is 26.0 Å². The minimum atomic E-state index is -0.393. The highest BCUT2D eigenvalue weighted by Crippen LogP contribution is 2.24. The van der Waals surface area contributed by atoms with Crippen LogP contribution in [0.2, 0.25) is 0 Å². The molecule has 3 aromatic rings. The normalized spacial score (nSPS) is 10.2. The van der Waals surface area contributed by atoms with Gasteiger partial charge in [-0.2, -0.15) is 0 Å². The number of benzene rings is 3. The summed E-state index contributed by atoms with van der Waals surface area (Å²) in [6.45, 7) is 0.423. The van der Waals surface area contributed by atoms with E-state index >= 15 is 0 Å². The van der Waals surface area contributed by atoms with E-state index < -0.39 is 6.03 Å². The van der Waals surface area contributed by atoms with Crippen LogP contribution in [0, 0.1) is 0 Å². The maximum Gasteiger partial charge on any atom is 0.323 e. The molecule has 3 aromatic carbocycles. The van der Waals surface area contributed by atoms with Crippen molar-refractivity contribution in [3.8, 4) is 0 Å². The largest absolute Gasteiger partial charge is 0.377 e. The number of para-hydroxylation sites is 1. The van der Waals surface area contributed by atoms with Gasteiger partial charge in [-0.3, -0.25) is 4.79 Å². The number of hydrogen-bond donors (Lipinski definition) is 3. The summed E-state index contributed by atoms with van der Waals surface area (Å²) in [4.78, 5) is 27.1. The van der Waals surface area contributed by atoms with E-state index in [1.54, 1.807) is 18.2 Å². The van der Waals surface area contributed by atoms with E-state index in [-0.39, 0.29) is 5.91 Å². The summed E-state index contributed by atoms with van der Waals surface area (Å²) in [6.07, 6.45) is 0. The highest BCUT2D eigenvalue weighted by Gasteiger charge is 2.15. The molecule has 0 bridgehead atoms. The number of rotatable bonds is 6. The van der Waals surface area contributed by atoms with Gasteiger partial charge in [-0.1, -0.05) is 42.5 Å². The molecule has 0 saturated carbocycles. The molecule has 0 atom stereocenters. The summed E-state index contributed by atoms with van der Waals surface area (Å²) in [7, 11) is 3.74. The van der Waals surface area contributed by atoms with Crippen molar-refractivity contribution in [1.82, 2.24) is 5.32 Å². The molecular weight excluding hydrogens is 444 g/mol. The molecule has 3 amide bonds. The topological polar surface area (TPSA) is 73.5 Å². The van der Waals surface area contributed by atoms with E-state index in [9.17, 15) is 9.59 Å². The van der Waals surface area contributed by atoms with Crippen LogP contribution in [0.3, 0.4) is 0 Å². The molecule has 0 radical (unpaired) electrons. The summed E-state index contributed by atoms with van der Waals surface area (Å²) in [6, 6.07) is 21.9. The van der Waals surface area contributed by atoms with Crippen molar-refractivity contribution in [2.45, 2.75) is 6.54 Å². The summed E-state index contributed by atoms with van der Waals surface area (Å²) < 4.78 is 0.782. The molecule has 0 fully saturated rings. The standard InChI is InChI=1S/C23H23BrN4O2/c1-28(2)21-13-12-17(26-23(30)27-20-11-7-6-10-19(20)24)14-18(21)22(29)25-15-16-8-4-3-5-9-16/h3-14H,15H2,1-2H3,(H,25,29)(H2,26,27,30). The highest BCUT2D eigenvalue weighted by atomic mass is 79.9. The zero-order valence-electron chi connectivity index (χ0n) is 16.8. The highest BCUT2D eigenvalue weighted by molar-refractivity contribution is 9.10. The zero-order chi connectivity index (χ0) is 21.5. The first-order valence-electron chi connectivity index (χ1n) is 9.40. The maximum absolute atomic E-state index is 12.8. The van der Waals surface area contributed by atoms with Gasteiger partial charge in [-0.15, -0.1) is 0 Å². The predicted octanol–water partition coefficient (Wildman–Crippen LogP) is 5.09. The fraction of sp³-hybridized carbons (Fsp3) is 0.130. The molecule has 0 aliphatic rings. The van der Waals surface area contributed by atoms with Gasteiger partial charge in [0, 0.05) is 36.5 Å². The van der Waals surface area contributed by atoms with Gasteiger partial charge in [0.05, 0.1) is 11.3 Å². The third kappa shape index (κ3) is 5.61. The molecule has 3 rings (SSSR count). The first-order valence-corrected chi connectivity index (χ1v) is 10.2. The average molecular weight is 467 g/mol. The Bertz CT molecular complexity index is 1040. The maximum atomic E-state index is 12.8. The minimum Gasteiger partial charge on any atom is -0.377 e. The van der Waals surface area contributed by atoms with Crippen molar-refractivity contribution in [3.05, 3.63) is 88.4 Å². The van der Waals surface area contributed by atoms with Crippen molar-refractivity contribution in [2.75, 3.05) is 29.6 Å². The van der Waals surface area contributed by atoms with Gasteiger partial charge in [-0.25, -0.2) is 4.79 Å². The minimum absolute atomic E-state index is 0.211. The third-order valence-corrected chi connectivity index (χ3v) is 5.09. The van der Waals surface area contributed by atoms with Crippen LogP contribution in [-0.2, 0) is 6.54 Å². The molecule has 0 aromatic heterocycles. The number of hydrogen-bond acceptors (Lipinski definition) is 3. The number of nitrogens with zero attached hydrogens (tertiary/aromatic N) is 1. The Kier molecular flexibility index (Phi) is 7.08. The second kappa shape index (κ2) is 9.93.